The van der Waals surface area contributed by atoms with Gasteiger partial charge in [0.25, 0.3) is 10.0 Å². The van der Waals surface area contributed by atoms with Gasteiger partial charge in [-0.15, -0.1) is 4.40 Å². The van der Waals surface area contributed by atoms with Gasteiger partial charge in [-0.3, -0.25) is 4.90 Å². The molecule has 4 aromatic rings. The second kappa shape index (κ2) is 10.4. The summed E-state index contributed by atoms with van der Waals surface area (Å²) in [5, 5.41) is 3.39. The Morgan fingerprint density at radius 2 is 1.21 bits per heavy atom. The Labute approximate surface area is 205 Å². The highest BCUT2D eigenvalue weighted by atomic mass is 32.2. The van der Waals surface area contributed by atoms with Crippen LogP contribution in [0.25, 0.3) is 0 Å². The topological polar surface area (TPSA) is 61.8 Å². The number of rotatable bonds is 5. The highest BCUT2D eigenvalue weighted by Gasteiger charge is 2.20. The molecule has 0 spiro atoms. The molecule has 170 valence electrons. The van der Waals surface area contributed by atoms with Crippen molar-refractivity contribution in [2.45, 2.75) is 11.8 Å². The lowest BCUT2D eigenvalue weighted by Crippen LogP contribution is -2.41. The SMILES string of the molecule is Cc1ccc(S(=O)(=O)N=C(NC(=S)N(c2ccccc2)c2ccccc2)c2ccccc2)cc1. The van der Waals surface area contributed by atoms with Gasteiger partial charge in [0.1, 0.15) is 0 Å². The van der Waals surface area contributed by atoms with E-state index in [1.54, 1.807) is 36.4 Å². The molecule has 4 aromatic carbocycles. The molecule has 0 bridgehead atoms. The standard InChI is InChI=1S/C27H23N3O2S2/c1-21-17-19-25(20-18-21)34(31,32)29-26(22-11-5-2-6-12-22)28-27(33)30(23-13-7-3-8-14-23)24-15-9-4-10-16-24/h2-20H,1H3,(H,28,29,33). The molecule has 34 heavy (non-hydrogen) atoms. The Balaban J connectivity index is 1.76. The number of aryl methyl sites for hydroxylation is 1. The molecule has 0 unspecified atom stereocenters. The van der Waals surface area contributed by atoms with Crippen LogP contribution < -0.4 is 10.2 Å². The molecular formula is C27H23N3O2S2. The molecule has 4 rings (SSSR count). The third-order valence-corrected chi connectivity index (χ3v) is 6.61. The maximum Gasteiger partial charge on any atom is 0.284 e. The Bertz CT molecular complexity index is 1350. The summed E-state index contributed by atoms with van der Waals surface area (Å²) in [5.74, 6) is 0.142. The summed E-state index contributed by atoms with van der Waals surface area (Å²) in [6.07, 6.45) is 0. The van der Waals surface area contributed by atoms with Gasteiger partial charge in [-0.2, -0.15) is 8.42 Å². The number of benzene rings is 4. The van der Waals surface area contributed by atoms with Crippen molar-refractivity contribution < 1.29 is 8.42 Å². The van der Waals surface area contributed by atoms with E-state index in [-0.39, 0.29) is 10.7 Å². The molecule has 0 fully saturated rings. The van der Waals surface area contributed by atoms with Gasteiger partial charge in [0.05, 0.1) is 4.90 Å². The van der Waals surface area contributed by atoms with E-state index >= 15 is 0 Å². The minimum Gasteiger partial charge on any atom is -0.316 e. The predicted octanol–water partition coefficient (Wildman–Crippen LogP) is 5.84. The molecule has 0 heterocycles. The quantitative estimate of drug-likeness (QED) is 0.218. The Morgan fingerprint density at radius 1 is 0.735 bits per heavy atom. The molecule has 7 heteroatoms. The summed E-state index contributed by atoms with van der Waals surface area (Å²) in [7, 11) is -3.98. The van der Waals surface area contributed by atoms with Crippen LogP contribution in [0.2, 0.25) is 0 Å². The maximum absolute atomic E-state index is 13.1. The maximum atomic E-state index is 13.1. The van der Waals surface area contributed by atoms with Crippen molar-refractivity contribution in [3.63, 3.8) is 0 Å². The number of hydrogen-bond donors (Lipinski definition) is 1. The molecule has 0 saturated heterocycles. The number of amidine groups is 1. The van der Waals surface area contributed by atoms with Gasteiger partial charge in [-0.05, 0) is 55.5 Å². The lowest BCUT2D eigenvalue weighted by molar-refractivity contribution is 0.598. The molecule has 0 atom stereocenters. The smallest absolute Gasteiger partial charge is 0.284 e. The summed E-state index contributed by atoms with van der Waals surface area (Å²) in [4.78, 5) is 1.95. The number of anilines is 2. The average molecular weight is 486 g/mol. The number of para-hydroxylation sites is 2. The average Bonchev–Trinajstić information content (AvgIpc) is 2.86. The first-order valence-electron chi connectivity index (χ1n) is 10.6. The lowest BCUT2D eigenvalue weighted by atomic mass is 10.2. The van der Waals surface area contributed by atoms with Gasteiger partial charge in [-0.25, -0.2) is 0 Å². The van der Waals surface area contributed by atoms with Crippen LogP contribution in [-0.2, 0) is 10.0 Å². The number of nitrogens with one attached hydrogen (secondary N) is 1. The molecule has 0 aliphatic carbocycles. The van der Waals surface area contributed by atoms with Crippen molar-refractivity contribution in [3.8, 4) is 0 Å². The van der Waals surface area contributed by atoms with E-state index in [0.717, 1.165) is 16.9 Å². The molecule has 0 aromatic heterocycles. The fraction of sp³-hybridized carbons (Fsp3) is 0.0370. The molecule has 0 radical (unpaired) electrons. The van der Waals surface area contributed by atoms with Crippen molar-refractivity contribution in [3.05, 3.63) is 126 Å². The highest BCUT2D eigenvalue weighted by molar-refractivity contribution is 7.90. The number of thiocarbonyl (C=S) groups is 1. The second-order valence-electron chi connectivity index (χ2n) is 7.53. The molecule has 5 nitrogen and oxygen atoms in total. The molecule has 0 amide bonds. The zero-order chi connectivity index (χ0) is 24.0. The van der Waals surface area contributed by atoms with E-state index in [2.05, 4.69) is 9.71 Å². The Hall–Kier alpha value is -3.81. The number of nitrogens with zero attached hydrogens (tertiary/aromatic N) is 2. The normalized spacial score (nSPS) is 11.6. The Kier molecular flexibility index (Phi) is 7.15. The van der Waals surface area contributed by atoms with Gasteiger partial charge >= 0.3 is 0 Å². The predicted molar refractivity (Wildman–Crippen MR) is 142 cm³/mol. The van der Waals surface area contributed by atoms with Crippen LogP contribution in [0.3, 0.4) is 0 Å². The second-order valence-corrected chi connectivity index (χ2v) is 9.52. The van der Waals surface area contributed by atoms with Crippen molar-refractivity contribution in [1.29, 1.82) is 0 Å². The number of hydrogen-bond acceptors (Lipinski definition) is 3. The fourth-order valence-corrected chi connectivity index (χ4v) is 4.61. The molecule has 0 aliphatic heterocycles. The van der Waals surface area contributed by atoms with Crippen molar-refractivity contribution in [2.75, 3.05) is 4.90 Å². The first kappa shape index (κ1) is 23.4. The monoisotopic (exact) mass is 485 g/mol. The van der Waals surface area contributed by atoms with Crippen molar-refractivity contribution in [1.82, 2.24) is 5.32 Å². The number of sulfonamides is 1. The van der Waals surface area contributed by atoms with E-state index in [0.29, 0.717) is 10.7 Å². The van der Waals surface area contributed by atoms with Crippen LogP contribution in [0.5, 0.6) is 0 Å². The first-order chi connectivity index (χ1) is 16.4. The van der Waals surface area contributed by atoms with E-state index in [4.69, 9.17) is 12.2 Å². The van der Waals surface area contributed by atoms with Gasteiger partial charge in [0, 0.05) is 16.9 Å². The fourth-order valence-electron chi connectivity index (χ4n) is 3.32. The summed E-state index contributed by atoms with van der Waals surface area (Å²) in [6.45, 7) is 1.90. The van der Waals surface area contributed by atoms with Crippen LogP contribution in [0.15, 0.2) is 125 Å². The Morgan fingerprint density at radius 3 is 1.71 bits per heavy atom. The zero-order valence-corrected chi connectivity index (χ0v) is 20.1. The van der Waals surface area contributed by atoms with E-state index in [1.165, 1.54) is 0 Å². The van der Waals surface area contributed by atoms with E-state index < -0.39 is 10.0 Å². The van der Waals surface area contributed by atoms with Crippen molar-refractivity contribution >= 4 is 44.6 Å². The largest absolute Gasteiger partial charge is 0.316 e. The van der Waals surface area contributed by atoms with Crippen LogP contribution in [0.1, 0.15) is 11.1 Å². The molecule has 0 aliphatic rings. The minimum atomic E-state index is -3.98. The summed E-state index contributed by atoms with van der Waals surface area (Å²) < 4.78 is 30.4. The molecule has 1 N–H and O–H groups in total. The van der Waals surface area contributed by atoms with Crippen molar-refractivity contribution in [2.24, 2.45) is 4.40 Å². The summed E-state index contributed by atoms with van der Waals surface area (Å²) in [5.41, 5.74) is 3.23. The van der Waals surface area contributed by atoms with Gasteiger partial charge in [-0.1, -0.05) is 84.4 Å². The van der Waals surface area contributed by atoms with Crippen LogP contribution in [0.4, 0.5) is 11.4 Å². The van der Waals surface area contributed by atoms with Gasteiger partial charge in [0.2, 0.25) is 0 Å². The van der Waals surface area contributed by atoms with E-state index in [9.17, 15) is 8.42 Å². The van der Waals surface area contributed by atoms with E-state index in [1.807, 2.05) is 90.7 Å². The van der Waals surface area contributed by atoms with Crippen LogP contribution >= 0.6 is 12.2 Å². The summed E-state index contributed by atoms with van der Waals surface area (Å²) in [6, 6.07) is 34.9. The van der Waals surface area contributed by atoms with Crippen LogP contribution in [0, 0.1) is 6.92 Å². The third kappa shape index (κ3) is 5.57. The zero-order valence-electron chi connectivity index (χ0n) is 18.5. The molecular weight excluding hydrogens is 462 g/mol. The lowest BCUT2D eigenvalue weighted by Gasteiger charge is -2.26. The third-order valence-electron chi connectivity index (χ3n) is 5.03. The van der Waals surface area contributed by atoms with Gasteiger partial charge in [0.15, 0.2) is 10.9 Å². The summed E-state index contributed by atoms with van der Waals surface area (Å²) >= 11 is 5.78. The van der Waals surface area contributed by atoms with Gasteiger partial charge < -0.3 is 5.32 Å². The first-order valence-corrected chi connectivity index (χ1v) is 12.5. The highest BCUT2D eigenvalue weighted by Crippen LogP contribution is 2.25. The minimum absolute atomic E-state index is 0.113. The van der Waals surface area contributed by atoms with Crippen LogP contribution in [-0.4, -0.2) is 19.4 Å². The molecule has 0 saturated carbocycles.